The summed E-state index contributed by atoms with van der Waals surface area (Å²) in [5.41, 5.74) is 1.89. The van der Waals surface area contributed by atoms with Crippen molar-refractivity contribution < 1.29 is 4.79 Å². The first-order chi connectivity index (χ1) is 10.1. The van der Waals surface area contributed by atoms with Crippen LogP contribution in [0.1, 0.15) is 21.1 Å². The largest absolute Gasteiger partial charge is 0.351 e. The van der Waals surface area contributed by atoms with Crippen LogP contribution in [0.15, 0.2) is 34.2 Å². The number of halogens is 1. The van der Waals surface area contributed by atoms with Crippen LogP contribution in [0.5, 0.6) is 0 Å². The van der Waals surface area contributed by atoms with E-state index in [0.29, 0.717) is 17.8 Å². The average Bonchev–Trinajstić information content (AvgIpc) is 3.04. The Morgan fingerprint density at radius 1 is 1.43 bits per heavy atom. The summed E-state index contributed by atoms with van der Waals surface area (Å²) in [6.45, 7) is 2.50. The number of hydrogen-bond acceptors (Lipinski definition) is 4. The molecule has 0 saturated heterocycles. The van der Waals surface area contributed by atoms with E-state index in [1.165, 1.54) is 11.3 Å². The first-order valence-electron chi connectivity index (χ1n) is 6.48. The lowest BCUT2D eigenvalue weighted by Crippen LogP contribution is -2.25. The van der Waals surface area contributed by atoms with Gasteiger partial charge in [-0.3, -0.25) is 9.20 Å². The lowest BCUT2D eigenvalue weighted by atomic mass is 10.3. The van der Waals surface area contributed by atoms with Gasteiger partial charge >= 0.3 is 0 Å². The van der Waals surface area contributed by atoms with E-state index in [1.807, 2.05) is 41.8 Å². The van der Waals surface area contributed by atoms with Gasteiger partial charge in [-0.25, -0.2) is 0 Å². The summed E-state index contributed by atoms with van der Waals surface area (Å²) in [4.78, 5) is 12.8. The van der Waals surface area contributed by atoms with Gasteiger partial charge in [0, 0.05) is 19.2 Å². The zero-order chi connectivity index (χ0) is 14.8. The molecule has 3 aromatic heterocycles. The van der Waals surface area contributed by atoms with Crippen LogP contribution >= 0.6 is 27.3 Å². The van der Waals surface area contributed by atoms with Crippen molar-refractivity contribution in [1.82, 2.24) is 19.9 Å². The SMILES string of the molecule is Cc1cc(C(=O)NCCc2nnc3ccccn23)sc1Br. The molecule has 108 valence electrons. The average molecular weight is 365 g/mol. The minimum absolute atomic E-state index is 0.0531. The summed E-state index contributed by atoms with van der Waals surface area (Å²) in [5.74, 6) is 0.789. The van der Waals surface area contributed by atoms with Gasteiger partial charge in [0.25, 0.3) is 5.91 Å². The molecule has 21 heavy (non-hydrogen) atoms. The smallest absolute Gasteiger partial charge is 0.261 e. The van der Waals surface area contributed by atoms with Gasteiger partial charge in [-0.05, 0) is 46.6 Å². The zero-order valence-corrected chi connectivity index (χ0v) is 13.7. The maximum atomic E-state index is 12.0. The van der Waals surface area contributed by atoms with Crippen molar-refractivity contribution >= 4 is 38.8 Å². The molecule has 3 heterocycles. The van der Waals surface area contributed by atoms with Crippen molar-refractivity contribution in [2.75, 3.05) is 6.54 Å². The summed E-state index contributed by atoms with van der Waals surface area (Å²) in [7, 11) is 0. The molecule has 3 rings (SSSR count). The number of hydrogen-bond donors (Lipinski definition) is 1. The summed E-state index contributed by atoms with van der Waals surface area (Å²) < 4.78 is 2.92. The van der Waals surface area contributed by atoms with E-state index in [1.54, 1.807) is 0 Å². The van der Waals surface area contributed by atoms with E-state index in [2.05, 4.69) is 31.4 Å². The Balaban J connectivity index is 1.62. The Kier molecular flexibility index (Phi) is 4.03. The molecule has 1 N–H and O–H groups in total. The van der Waals surface area contributed by atoms with Gasteiger partial charge in [0.1, 0.15) is 5.82 Å². The zero-order valence-electron chi connectivity index (χ0n) is 11.3. The second kappa shape index (κ2) is 5.95. The van der Waals surface area contributed by atoms with E-state index in [9.17, 15) is 4.79 Å². The fraction of sp³-hybridized carbons (Fsp3) is 0.214. The lowest BCUT2D eigenvalue weighted by Gasteiger charge is -2.02. The van der Waals surface area contributed by atoms with Crippen molar-refractivity contribution in [3.8, 4) is 0 Å². The number of pyridine rings is 1. The highest BCUT2D eigenvalue weighted by atomic mass is 79.9. The second-order valence-electron chi connectivity index (χ2n) is 4.62. The van der Waals surface area contributed by atoms with E-state index >= 15 is 0 Å². The number of rotatable bonds is 4. The molecule has 0 fully saturated rings. The van der Waals surface area contributed by atoms with E-state index in [-0.39, 0.29) is 5.91 Å². The maximum absolute atomic E-state index is 12.0. The fourth-order valence-electron chi connectivity index (χ4n) is 2.01. The van der Waals surface area contributed by atoms with Crippen molar-refractivity contribution in [2.24, 2.45) is 0 Å². The monoisotopic (exact) mass is 364 g/mol. The molecule has 0 aliphatic heterocycles. The summed E-state index contributed by atoms with van der Waals surface area (Å²) in [6.07, 6.45) is 2.56. The van der Waals surface area contributed by atoms with Gasteiger partial charge in [0.2, 0.25) is 0 Å². The third kappa shape index (κ3) is 2.98. The normalized spacial score (nSPS) is 11.0. The third-order valence-corrected chi connectivity index (χ3v) is 5.23. The molecule has 0 atom stereocenters. The number of nitrogens with one attached hydrogen (secondary N) is 1. The Bertz CT molecular complexity index is 776. The van der Waals surface area contributed by atoms with Crippen LogP contribution in [0, 0.1) is 6.92 Å². The minimum atomic E-state index is -0.0531. The van der Waals surface area contributed by atoms with E-state index in [4.69, 9.17) is 0 Å². The van der Waals surface area contributed by atoms with Crippen LogP contribution in [-0.2, 0) is 6.42 Å². The summed E-state index contributed by atoms with van der Waals surface area (Å²) in [5, 5.41) is 11.1. The standard InChI is InChI=1S/C14H13BrN4OS/c1-9-8-10(21-13(9)15)14(20)16-6-5-12-18-17-11-4-2-3-7-19(11)12/h2-4,7-8H,5-6H2,1H3,(H,16,20). The van der Waals surface area contributed by atoms with Crippen LogP contribution in [-0.4, -0.2) is 27.0 Å². The molecule has 1 amide bonds. The van der Waals surface area contributed by atoms with Crippen LogP contribution in [0.25, 0.3) is 5.65 Å². The molecule has 0 saturated carbocycles. The van der Waals surface area contributed by atoms with Gasteiger partial charge in [-0.2, -0.15) is 0 Å². The number of aryl methyl sites for hydroxylation is 1. The molecule has 0 spiro atoms. The molecule has 0 radical (unpaired) electrons. The van der Waals surface area contributed by atoms with Gasteiger partial charge in [-0.15, -0.1) is 21.5 Å². The predicted molar refractivity (Wildman–Crippen MR) is 85.8 cm³/mol. The van der Waals surface area contributed by atoms with Crippen molar-refractivity contribution in [3.63, 3.8) is 0 Å². The number of nitrogens with zero attached hydrogens (tertiary/aromatic N) is 3. The summed E-state index contributed by atoms with van der Waals surface area (Å²) in [6, 6.07) is 7.65. The molecule has 0 aromatic carbocycles. The first-order valence-corrected chi connectivity index (χ1v) is 8.09. The molecular weight excluding hydrogens is 352 g/mol. The van der Waals surface area contributed by atoms with Crippen molar-refractivity contribution in [2.45, 2.75) is 13.3 Å². The topological polar surface area (TPSA) is 59.3 Å². The molecule has 3 aromatic rings. The number of fused-ring (bicyclic) bond motifs is 1. The predicted octanol–water partition coefficient (Wildman–Crippen LogP) is 2.83. The highest BCUT2D eigenvalue weighted by molar-refractivity contribution is 9.11. The quantitative estimate of drug-likeness (QED) is 0.774. The number of carbonyl (C=O) groups excluding carboxylic acids is 1. The number of thiophene rings is 1. The Morgan fingerprint density at radius 2 is 2.29 bits per heavy atom. The van der Waals surface area contributed by atoms with Crippen LogP contribution in [0.2, 0.25) is 0 Å². The summed E-state index contributed by atoms with van der Waals surface area (Å²) >= 11 is 4.87. The molecule has 5 nitrogen and oxygen atoms in total. The number of carbonyl (C=O) groups is 1. The van der Waals surface area contributed by atoms with Crippen LogP contribution < -0.4 is 5.32 Å². The Hall–Kier alpha value is -1.73. The van der Waals surface area contributed by atoms with Crippen molar-refractivity contribution in [3.05, 3.63) is 50.5 Å². The lowest BCUT2D eigenvalue weighted by molar-refractivity contribution is 0.0958. The number of amides is 1. The maximum Gasteiger partial charge on any atom is 0.261 e. The molecule has 0 aliphatic rings. The fourth-order valence-corrected chi connectivity index (χ4v) is 3.46. The molecule has 0 bridgehead atoms. The van der Waals surface area contributed by atoms with Crippen LogP contribution in [0.3, 0.4) is 0 Å². The third-order valence-electron chi connectivity index (χ3n) is 3.10. The highest BCUT2D eigenvalue weighted by Crippen LogP contribution is 2.27. The van der Waals surface area contributed by atoms with E-state index < -0.39 is 0 Å². The highest BCUT2D eigenvalue weighted by Gasteiger charge is 2.11. The van der Waals surface area contributed by atoms with E-state index in [0.717, 1.165) is 20.8 Å². The Labute approximate surface area is 134 Å². The number of aromatic nitrogens is 3. The molecular formula is C14H13BrN4OS. The first kappa shape index (κ1) is 14.2. The molecule has 7 heteroatoms. The van der Waals surface area contributed by atoms with Crippen molar-refractivity contribution in [1.29, 1.82) is 0 Å². The van der Waals surface area contributed by atoms with Gasteiger partial charge in [0.05, 0.1) is 8.66 Å². The van der Waals surface area contributed by atoms with Gasteiger partial charge in [-0.1, -0.05) is 6.07 Å². The van der Waals surface area contributed by atoms with Crippen LogP contribution in [0.4, 0.5) is 0 Å². The molecule has 0 unspecified atom stereocenters. The minimum Gasteiger partial charge on any atom is -0.351 e. The second-order valence-corrected chi connectivity index (χ2v) is 6.99. The van der Waals surface area contributed by atoms with Gasteiger partial charge < -0.3 is 5.32 Å². The Morgan fingerprint density at radius 3 is 3.05 bits per heavy atom. The van der Waals surface area contributed by atoms with Gasteiger partial charge in [0.15, 0.2) is 5.65 Å². The molecule has 0 aliphatic carbocycles.